The summed E-state index contributed by atoms with van der Waals surface area (Å²) in [5.74, 6) is 1.13. The Labute approximate surface area is 200 Å². The maximum atomic E-state index is 12.2. The Balaban J connectivity index is 1.86. The third-order valence-electron chi connectivity index (χ3n) is 7.26. The molecule has 1 unspecified atom stereocenters. The Morgan fingerprint density at radius 1 is 0.909 bits per heavy atom. The molecule has 0 spiro atoms. The van der Waals surface area contributed by atoms with Gasteiger partial charge in [0.1, 0.15) is 11.5 Å². The summed E-state index contributed by atoms with van der Waals surface area (Å²) in [6.07, 6.45) is 2.72. The van der Waals surface area contributed by atoms with Crippen LogP contribution < -0.4 is 14.8 Å². The molecule has 2 aromatic carbocycles. The van der Waals surface area contributed by atoms with E-state index >= 15 is 0 Å². The minimum absolute atomic E-state index is 0.0920. The van der Waals surface area contributed by atoms with E-state index in [2.05, 4.69) is 58.1 Å². The van der Waals surface area contributed by atoms with Gasteiger partial charge in [-0.05, 0) is 77.0 Å². The van der Waals surface area contributed by atoms with E-state index < -0.39 is 5.25 Å². The quantitative estimate of drug-likeness (QED) is 0.591. The number of rotatable bonds is 5. The Morgan fingerprint density at radius 3 is 2.06 bits per heavy atom. The van der Waals surface area contributed by atoms with Crippen LogP contribution in [-0.2, 0) is 22.0 Å². The molecule has 2 aromatic rings. The molecular formula is C27H33NO4S. The fraction of sp³-hybridized carbons (Fsp3) is 0.481. The average molecular weight is 468 g/mol. The summed E-state index contributed by atoms with van der Waals surface area (Å²) in [4.78, 5) is 23.9. The number of ether oxygens (including phenoxy) is 2. The highest BCUT2D eigenvalue weighted by atomic mass is 32.2. The third kappa shape index (κ3) is 4.25. The first kappa shape index (κ1) is 23.7. The highest BCUT2D eigenvalue weighted by Gasteiger charge is 2.38. The number of fused-ring (bicyclic) bond motifs is 1. The molecule has 1 saturated heterocycles. The number of benzene rings is 2. The maximum Gasteiger partial charge on any atom is 0.286 e. The van der Waals surface area contributed by atoms with Crippen LogP contribution in [-0.4, -0.2) is 30.6 Å². The summed E-state index contributed by atoms with van der Waals surface area (Å²) in [6, 6.07) is 8.62. The first-order valence-electron chi connectivity index (χ1n) is 11.4. The van der Waals surface area contributed by atoms with Crippen LogP contribution in [0.15, 0.2) is 24.3 Å². The zero-order valence-electron chi connectivity index (χ0n) is 20.5. The molecule has 1 aliphatic carbocycles. The topological polar surface area (TPSA) is 64.6 Å². The van der Waals surface area contributed by atoms with E-state index in [1.54, 1.807) is 14.2 Å². The van der Waals surface area contributed by atoms with Gasteiger partial charge in [0.2, 0.25) is 5.91 Å². The second-order valence-corrected chi connectivity index (χ2v) is 11.6. The second kappa shape index (κ2) is 8.39. The molecule has 5 nitrogen and oxygen atoms in total. The zero-order chi connectivity index (χ0) is 24.1. The number of hydrogen-bond donors (Lipinski definition) is 1. The van der Waals surface area contributed by atoms with E-state index in [-0.39, 0.29) is 22.0 Å². The van der Waals surface area contributed by atoms with Crippen LogP contribution in [0, 0.1) is 6.92 Å². The first-order chi connectivity index (χ1) is 15.5. The van der Waals surface area contributed by atoms with Crippen molar-refractivity contribution in [2.45, 2.75) is 70.0 Å². The van der Waals surface area contributed by atoms with Gasteiger partial charge in [-0.15, -0.1) is 0 Å². The lowest BCUT2D eigenvalue weighted by Gasteiger charge is -2.42. The number of methoxy groups -OCH3 is 2. The molecule has 0 saturated carbocycles. The minimum Gasteiger partial charge on any atom is -0.496 e. The van der Waals surface area contributed by atoms with E-state index in [1.807, 2.05) is 6.07 Å². The van der Waals surface area contributed by atoms with E-state index in [1.165, 1.54) is 23.1 Å². The Bertz CT molecular complexity index is 1140. The summed E-state index contributed by atoms with van der Waals surface area (Å²) in [6.45, 7) is 11.5. The standard InChI is InChI=1S/C27H33NO4S/c1-15-10-19-20(27(4,5)9-8-26(19,2)3)13-17(15)18-11-16(21(31-6)14-22(18)32-7)12-23-24(29)28-25(30)33-23/h10-11,13-14,23H,8-9,12H2,1-7H3,(H,28,29,30). The van der Waals surface area contributed by atoms with Crippen LogP contribution >= 0.6 is 11.8 Å². The molecule has 2 aliphatic rings. The van der Waals surface area contributed by atoms with Gasteiger partial charge in [0.15, 0.2) is 0 Å². The van der Waals surface area contributed by atoms with Gasteiger partial charge in [0, 0.05) is 11.6 Å². The van der Waals surface area contributed by atoms with Crippen molar-refractivity contribution in [1.29, 1.82) is 0 Å². The first-order valence-corrected chi connectivity index (χ1v) is 12.3. The highest BCUT2D eigenvalue weighted by Crippen LogP contribution is 2.49. The fourth-order valence-electron chi connectivity index (χ4n) is 5.07. The highest BCUT2D eigenvalue weighted by molar-refractivity contribution is 8.15. The number of imide groups is 1. The van der Waals surface area contributed by atoms with Gasteiger partial charge in [-0.3, -0.25) is 14.9 Å². The molecule has 33 heavy (non-hydrogen) atoms. The molecule has 0 bridgehead atoms. The number of carbonyl (C=O) groups is 2. The smallest absolute Gasteiger partial charge is 0.286 e. The Kier molecular flexibility index (Phi) is 6.02. The van der Waals surface area contributed by atoms with Crippen LogP contribution in [0.5, 0.6) is 11.5 Å². The molecule has 176 valence electrons. The molecule has 1 aliphatic heterocycles. The van der Waals surface area contributed by atoms with Crippen molar-refractivity contribution in [3.05, 3.63) is 46.5 Å². The van der Waals surface area contributed by atoms with Gasteiger partial charge in [-0.1, -0.05) is 45.5 Å². The van der Waals surface area contributed by atoms with Crippen molar-refractivity contribution in [3.8, 4) is 22.6 Å². The van der Waals surface area contributed by atoms with Gasteiger partial charge >= 0.3 is 0 Å². The number of thioether (sulfide) groups is 1. The lowest BCUT2D eigenvalue weighted by atomic mass is 9.62. The largest absolute Gasteiger partial charge is 0.496 e. The van der Waals surface area contributed by atoms with Crippen molar-refractivity contribution in [2.75, 3.05) is 14.2 Å². The summed E-state index contributed by atoms with van der Waals surface area (Å²) in [5.41, 5.74) is 7.21. The van der Waals surface area contributed by atoms with E-state index in [4.69, 9.17) is 9.47 Å². The molecule has 4 rings (SSSR count). The zero-order valence-corrected chi connectivity index (χ0v) is 21.4. The van der Waals surface area contributed by atoms with E-state index in [0.29, 0.717) is 12.2 Å². The average Bonchev–Trinajstić information content (AvgIpc) is 3.07. The molecule has 1 atom stereocenters. The number of hydrogen-bond acceptors (Lipinski definition) is 5. The van der Waals surface area contributed by atoms with Gasteiger partial charge < -0.3 is 9.47 Å². The molecule has 1 N–H and O–H groups in total. The number of nitrogens with one attached hydrogen (secondary N) is 1. The number of amides is 2. The maximum absolute atomic E-state index is 12.2. The lowest BCUT2D eigenvalue weighted by Crippen LogP contribution is -2.34. The molecule has 0 radical (unpaired) electrons. The van der Waals surface area contributed by atoms with Crippen molar-refractivity contribution in [1.82, 2.24) is 5.32 Å². The summed E-state index contributed by atoms with van der Waals surface area (Å²) >= 11 is 1.03. The summed E-state index contributed by atoms with van der Waals surface area (Å²) in [5, 5.41) is 1.61. The van der Waals surface area contributed by atoms with Gasteiger partial charge in [0.05, 0.1) is 19.5 Å². The molecular weight excluding hydrogens is 434 g/mol. The van der Waals surface area contributed by atoms with Gasteiger partial charge in [0.25, 0.3) is 5.24 Å². The number of carbonyl (C=O) groups excluding carboxylic acids is 2. The van der Waals surface area contributed by atoms with Gasteiger partial charge in [-0.2, -0.15) is 0 Å². The molecule has 2 amide bonds. The van der Waals surface area contributed by atoms with Crippen LogP contribution in [0.25, 0.3) is 11.1 Å². The van der Waals surface area contributed by atoms with E-state index in [9.17, 15) is 9.59 Å². The SMILES string of the molecule is COc1cc(OC)c(-c2cc3c(cc2C)C(C)(C)CCC3(C)C)cc1CC1SC(=O)NC1=O. The van der Waals surface area contributed by atoms with Crippen LogP contribution in [0.3, 0.4) is 0 Å². The van der Waals surface area contributed by atoms with Crippen LogP contribution in [0.1, 0.15) is 62.8 Å². The van der Waals surface area contributed by atoms with Crippen molar-refractivity contribution in [2.24, 2.45) is 0 Å². The second-order valence-electron chi connectivity index (χ2n) is 10.4. The monoisotopic (exact) mass is 467 g/mol. The van der Waals surface area contributed by atoms with Crippen LogP contribution in [0.2, 0.25) is 0 Å². The molecule has 1 fully saturated rings. The summed E-state index contributed by atoms with van der Waals surface area (Å²) in [7, 11) is 3.28. The summed E-state index contributed by atoms with van der Waals surface area (Å²) < 4.78 is 11.4. The molecule has 6 heteroatoms. The van der Waals surface area contributed by atoms with Crippen molar-refractivity contribution < 1.29 is 19.1 Å². The predicted molar refractivity (Wildman–Crippen MR) is 134 cm³/mol. The normalized spacial score (nSPS) is 20.9. The Hall–Kier alpha value is -2.47. The lowest BCUT2D eigenvalue weighted by molar-refractivity contribution is -0.118. The predicted octanol–water partition coefficient (Wildman–Crippen LogP) is 5.92. The minimum atomic E-state index is -0.461. The molecule has 1 heterocycles. The van der Waals surface area contributed by atoms with Crippen molar-refractivity contribution in [3.63, 3.8) is 0 Å². The van der Waals surface area contributed by atoms with Gasteiger partial charge in [-0.25, -0.2) is 0 Å². The fourth-order valence-corrected chi connectivity index (χ4v) is 5.92. The van der Waals surface area contributed by atoms with Crippen LogP contribution in [0.4, 0.5) is 4.79 Å². The Morgan fingerprint density at radius 2 is 1.52 bits per heavy atom. The number of aryl methyl sites for hydroxylation is 1. The van der Waals surface area contributed by atoms with Crippen molar-refractivity contribution >= 4 is 22.9 Å². The molecule has 0 aromatic heterocycles. The third-order valence-corrected chi connectivity index (χ3v) is 8.24. The van der Waals surface area contributed by atoms with E-state index in [0.717, 1.165) is 40.6 Å².